The largest absolute Gasteiger partial charge is 0.304 e. The molecule has 31 heavy (non-hydrogen) atoms. The second-order valence-corrected chi connectivity index (χ2v) is 8.67. The van der Waals surface area contributed by atoms with Crippen molar-refractivity contribution in [3.05, 3.63) is 57.9 Å². The van der Waals surface area contributed by atoms with E-state index >= 15 is 0 Å². The summed E-state index contributed by atoms with van der Waals surface area (Å²) in [6.45, 7) is 9.45. The number of likely N-dealkylation sites (tertiary alicyclic amines) is 1. The van der Waals surface area contributed by atoms with Crippen LogP contribution in [0.25, 0.3) is 27.8 Å². The maximum Gasteiger partial charge on any atom is 0.258 e. The normalized spacial score (nSPS) is 15.9. The van der Waals surface area contributed by atoms with Gasteiger partial charge in [-0.1, -0.05) is 6.92 Å². The van der Waals surface area contributed by atoms with Gasteiger partial charge in [0.25, 0.3) is 5.56 Å². The van der Waals surface area contributed by atoms with E-state index in [1.165, 1.54) is 0 Å². The minimum absolute atomic E-state index is 0.0679. The fourth-order valence-electron chi connectivity index (χ4n) is 4.74. The van der Waals surface area contributed by atoms with Gasteiger partial charge in [0.15, 0.2) is 5.65 Å². The lowest BCUT2D eigenvalue weighted by Crippen LogP contribution is -2.33. The minimum atomic E-state index is -0.0679. The Bertz CT molecular complexity index is 1340. The van der Waals surface area contributed by atoms with Gasteiger partial charge >= 0.3 is 0 Å². The molecule has 1 saturated heterocycles. The van der Waals surface area contributed by atoms with Crippen molar-refractivity contribution in [1.29, 1.82) is 0 Å². The van der Waals surface area contributed by atoms with Crippen LogP contribution in [0.3, 0.4) is 0 Å². The Morgan fingerprint density at radius 2 is 1.84 bits per heavy atom. The van der Waals surface area contributed by atoms with Gasteiger partial charge in [-0.25, -0.2) is 4.98 Å². The van der Waals surface area contributed by atoms with Crippen LogP contribution in [0.1, 0.15) is 42.6 Å². The molecule has 4 heterocycles. The molecular weight excluding hydrogens is 388 g/mol. The second kappa shape index (κ2) is 7.57. The number of rotatable bonds is 3. The molecule has 4 aromatic rings. The summed E-state index contributed by atoms with van der Waals surface area (Å²) in [5, 5.41) is 5.56. The molecule has 0 bridgehead atoms. The topological polar surface area (TPSA) is 68.3 Å². The summed E-state index contributed by atoms with van der Waals surface area (Å²) < 4.78 is 3.48. The molecule has 7 heteroatoms. The Morgan fingerprint density at radius 3 is 2.58 bits per heavy atom. The monoisotopic (exact) mass is 416 g/mol. The van der Waals surface area contributed by atoms with E-state index in [0.717, 1.165) is 65.9 Å². The number of aromatic nitrogens is 5. The number of aryl methyl sites for hydroxylation is 3. The number of fused-ring (bicyclic) bond motifs is 2. The third-order valence-corrected chi connectivity index (χ3v) is 6.50. The van der Waals surface area contributed by atoms with Crippen LogP contribution in [0.5, 0.6) is 0 Å². The predicted molar refractivity (Wildman–Crippen MR) is 123 cm³/mol. The molecule has 1 aliphatic heterocycles. The molecule has 1 aromatic carbocycles. The average Bonchev–Trinajstić information content (AvgIpc) is 3.15. The number of nitrogens with zero attached hydrogens (tertiary/aromatic N) is 6. The van der Waals surface area contributed by atoms with Gasteiger partial charge in [-0.3, -0.25) is 18.9 Å². The number of piperidine rings is 1. The van der Waals surface area contributed by atoms with Crippen molar-refractivity contribution in [3.63, 3.8) is 0 Å². The molecule has 0 spiro atoms. The van der Waals surface area contributed by atoms with Gasteiger partial charge in [0.1, 0.15) is 0 Å². The fourth-order valence-corrected chi connectivity index (χ4v) is 4.74. The lowest BCUT2D eigenvalue weighted by molar-refractivity contribution is 0.220. The van der Waals surface area contributed by atoms with E-state index in [0.29, 0.717) is 17.3 Å². The van der Waals surface area contributed by atoms with Crippen LogP contribution in [0.15, 0.2) is 35.4 Å². The molecular formula is C24H28N6O. The van der Waals surface area contributed by atoms with Crippen molar-refractivity contribution in [1.82, 2.24) is 29.0 Å². The zero-order valence-electron chi connectivity index (χ0n) is 18.6. The molecule has 3 aromatic heterocycles. The van der Waals surface area contributed by atoms with Crippen LogP contribution < -0.4 is 5.56 Å². The number of hydrogen-bond acceptors (Lipinski definition) is 5. The summed E-state index contributed by atoms with van der Waals surface area (Å²) in [4.78, 5) is 25.3. The van der Waals surface area contributed by atoms with Gasteiger partial charge in [-0.15, -0.1) is 0 Å². The lowest BCUT2D eigenvalue weighted by atomic mass is 9.93. The molecule has 0 unspecified atom stereocenters. The molecule has 0 N–H and O–H groups in total. The van der Waals surface area contributed by atoms with Gasteiger partial charge in [0.2, 0.25) is 0 Å². The van der Waals surface area contributed by atoms with Crippen LogP contribution >= 0.6 is 0 Å². The molecule has 0 radical (unpaired) electrons. The van der Waals surface area contributed by atoms with Crippen molar-refractivity contribution in [2.75, 3.05) is 19.6 Å². The molecule has 0 amide bonds. The minimum Gasteiger partial charge on any atom is -0.304 e. The van der Waals surface area contributed by atoms with Crippen molar-refractivity contribution in [3.8, 4) is 11.3 Å². The maximum absolute atomic E-state index is 13.1. The first-order valence-electron chi connectivity index (χ1n) is 11.0. The third-order valence-electron chi connectivity index (χ3n) is 6.50. The van der Waals surface area contributed by atoms with Crippen LogP contribution in [-0.4, -0.2) is 48.7 Å². The summed E-state index contributed by atoms with van der Waals surface area (Å²) in [6, 6.07) is 5.73. The SMILES string of the molecule is CCN1CCC(c2cn3c(=O)cc(-c4cc(C)c5nn(C)cc5c4)nc3c(C)n2)CC1. The highest BCUT2D eigenvalue weighted by molar-refractivity contribution is 5.86. The molecule has 0 atom stereocenters. The Balaban J connectivity index is 1.57. The highest BCUT2D eigenvalue weighted by atomic mass is 16.1. The van der Waals surface area contributed by atoms with E-state index < -0.39 is 0 Å². The van der Waals surface area contributed by atoms with E-state index in [1.54, 1.807) is 10.5 Å². The summed E-state index contributed by atoms with van der Waals surface area (Å²) in [7, 11) is 1.92. The number of hydrogen-bond donors (Lipinski definition) is 0. The first-order valence-corrected chi connectivity index (χ1v) is 11.0. The van der Waals surface area contributed by atoms with Gasteiger partial charge < -0.3 is 4.90 Å². The molecule has 5 rings (SSSR count). The quantitative estimate of drug-likeness (QED) is 0.512. The van der Waals surface area contributed by atoms with Crippen molar-refractivity contribution in [2.45, 2.75) is 39.5 Å². The number of benzene rings is 1. The summed E-state index contributed by atoms with van der Waals surface area (Å²) in [5.74, 6) is 0.396. The summed E-state index contributed by atoms with van der Waals surface area (Å²) in [5.41, 5.74) is 6.00. The van der Waals surface area contributed by atoms with Crippen LogP contribution in [0, 0.1) is 13.8 Å². The highest BCUT2D eigenvalue weighted by Crippen LogP contribution is 2.28. The average molecular weight is 417 g/mol. The van der Waals surface area contributed by atoms with E-state index in [1.807, 2.05) is 50.1 Å². The first kappa shape index (κ1) is 19.9. The second-order valence-electron chi connectivity index (χ2n) is 8.67. The Morgan fingerprint density at radius 1 is 1.06 bits per heavy atom. The van der Waals surface area contributed by atoms with E-state index in [4.69, 9.17) is 9.97 Å². The smallest absolute Gasteiger partial charge is 0.258 e. The third kappa shape index (κ3) is 3.53. The summed E-state index contributed by atoms with van der Waals surface area (Å²) in [6.07, 6.45) is 6.05. The first-order chi connectivity index (χ1) is 14.9. The molecule has 7 nitrogen and oxygen atoms in total. The van der Waals surface area contributed by atoms with Crippen molar-refractivity contribution >= 4 is 16.6 Å². The van der Waals surface area contributed by atoms with Gasteiger partial charge in [0, 0.05) is 42.4 Å². The molecule has 1 fully saturated rings. The lowest BCUT2D eigenvalue weighted by Gasteiger charge is -2.30. The Kier molecular flexibility index (Phi) is 4.85. The van der Waals surface area contributed by atoms with Crippen LogP contribution in [0.4, 0.5) is 0 Å². The maximum atomic E-state index is 13.1. The molecule has 160 valence electrons. The fraction of sp³-hybridized carbons (Fsp3) is 0.417. The van der Waals surface area contributed by atoms with Gasteiger partial charge in [-0.2, -0.15) is 5.10 Å². The molecule has 0 saturated carbocycles. The highest BCUT2D eigenvalue weighted by Gasteiger charge is 2.22. The Labute approximate surface area is 181 Å². The Hall–Kier alpha value is -3.06. The molecule has 0 aliphatic carbocycles. The van der Waals surface area contributed by atoms with E-state index in [2.05, 4.69) is 16.9 Å². The predicted octanol–water partition coefficient (Wildman–Crippen LogP) is 3.46. The van der Waals surface area contributed by atoms with E-state index in [-0.39, 0.29) is 5.56 Å². The van der Waals surface area contributed by atoms with Crippen LogP contribution in [0.2, 0.25) is 0 Å². The summed E-state index contributed by atoms with van der Waals surface area (Å²) >= 11 is 0. The van der Waals surface area contributed by atoms with Crippen molar-refractivity contribution < 1.29 is 0 Å². The molecule has 1 aliphatic rings. The van der Waals surface area contributed by atoms with Gasteiger partial charge in [-0.05, 0) is 64.0 Å². The van der Waals surface area contributed by atoms with Crippen molar-refractivity contribution in [2.24, 2.45) is 7.05 Å². The zero-order chi connectivity index (χ0) is 21.7. The van der Waals surface area contributed by atoms with Crippen LogP contribution in [-0.2, 0) is 7.05 Å². The van der Waals surface area contributed by atoms with Gasteiger partial charge in [0.05, 0.1) is 22.6 Å². The standard InChI is InChI=1S/C24H28N6O/c1-5-29-8-6-17(7-9-29)21-14-30-22(31)12-20(26-24(30)16(3)25-21)18-10-15(2)23-19(11-18)13-28(4)27-23/h10-14,17H,5-9H2,1-4H3. The zero-order valence-corrected chi connectivity index (χ0v) is 18.6. The van der Waals surface area contributed by atoms with E-state index in [9.17, 15) is 4.79 Å².